The molecule has 1 aliphatic carbocycles. The zero-order chi connectivity index (χ0) is 15.5. The molecule has 0 spiro atoms. The highest BCUT2D eigenvalue weighted by molar-refractivity contribution is 7.13. The molecule has 1 amide bonds. The summed E-state index contributed by atoms with van der Waals surface area (Å²) in [5.74, 6) is 0.570. The molecular weight excluding hydrogens is 318 g/mol. The fourth-order valence-corrected chi connectivity index (χ4v) is 3.21. The topological polar surface area (TPSA) is 68.0 Å². The molecule has 3 N–H and O–H groups in total. The molecule has 1 saturated carbocycles. The summed E-state index contributed by atoms with van der Waals surface area (Å²) in [4.78, 5) is 16.4. The summed E-state index contributed by atoms with van der Waals surface area (Å²) in [5.41, 5.74) is 7.77. The Morgan fingerprint density at radius 3 is 2.82 bits per heavy atom. The van der Waals surface area contributed by atoms with E-state index in [1.807, 2.05) is 29.6 Å². The Balaban J connectivity index is 1.54. The Bertz CT molecular complexity index is 652. The predicted molar refractivity (Wildman–Crippen MR) is 90.0 cm³/mol. The molecule has 1 unspecified atom stereocenters. The van der Waals surface area contributed by atoms with Crippen molar-refractivity contribution in [2.75, 3.05) is 6.54 Å². The van der Waals surface area contributed by atoms with Gasteiger partial charge in [0.15, 0.2) is 0 Å². The van der Waals surface area contributed by atoms with Gasteiger partial charge in [-0.25, -0.2) is 4.98 Å². The van der Waals surface area contributed by atoms with Gasteiger partial charge in [0.05, 0.1) is 12.1 Å². The number of aromatic nitrogens is 1. The minimum Gasteiger partial charge on any atom is -0.354 e. The van der Waals surface area contributed by atoms with Crippen LogP contribution in [-0.2, 0) is 11.2 Å². The largest absolute Gasteiger partial charge is 0.354 e. The fraction of sp³-hybridized carbons (Fsp3) is 0.375. The maximum absolute atomic E-state index is 11.9. The highest BCUT2D eigenvalue weighted by Gasteiger charge is 2.28. The Hall–Kier alpha value is -1.43. The van der Waals surface area contributed by atoms with Gasteiger partial charge in [-0.2, -0.15) is 0 Å². The molecular formula is C16H18ClN3OS. The molecule has 116 valence electrons. The number of benzene rings is 1. The molecule has 4 nitrogen and oxygen atoms in total. The van der Waals surface area contributed by atoms with Crippen LogP contribution >= 0.6 is 22.9 Å². The predicted octanol–water partition coefficient (Wildman–Crippen LogP) is 2.86. The van der Waals surface area contributed by atoms with Gasteiger partial charge in [-0.15, -0.1) is 11.3 Å². The van der Waals surface area contributed by atoms with Crippen molar-refractivity contribution in [1.29, 1.82) is 0 Å². The Morgan fingerprint density at radius 1 is 1.41 bits per heavy atom. The number of nitrogens with one attached hydrogen (secondary N) is 1. The Kier molecular flexibility index (Phi) is 4.76. The lowest BCUT2D eigenvalue weighted by atomic mass is 10.2. The summed E-state index contributed by atoms with van der Waals surface area (Å²) in [6.07, 6.45) is 2.67. The van der Waals surface area contributed by atoms with Crippen LogP contribution in [0.1, 0.15) is 18.5 Å². The number of amides is 1. The molecule has 1 fully saturated rings. The Morgan fingerprint density at radius 2 is 2.14 bits per heavy atom. The average Bonchev–Trinajstić information content (AvgIpc) is 3.26. The highest BCUT2D eigenvalue weighted by Crippen LogP contribution is 2.31. The van der Waals surface area contributed by atoms with Crippen LogP contribution in [0.4, 0.5) is 0 Å². The molecule has 0 radical (unpaired) electrons. The lowest BCUT2D eigenvalue weighted by molar-refractivity contribution is -0.120. The standard InChI is InChI=1S/C16H18ClN3OS/c17-12-5-3-11(4-6-12)16-20-13(9-22-16)7-15(21)19-8-14(18)10-1-2-10/h3-6,9-10,14H,1-2,7-8,18H2,(H,19,21). The van der Waals surface area contributed by atoms with Crippen molar-refractivity contribution in [2.24, 2.45) is 11.7 Å². The second-order valence-corrected chi connectivity index (χ2v) is 6.93. The minimum absolute atomic E-state index is 0.0240. The molecule has 0 aliphatic heterocycles. The zero-order valence-corrected chi connectivity index (χ0v) is 13.7. The molecule has 3 rings (SSSR count). The second kappa shape index (κ2) is 6.77. The van der Waals surface area contributed by atoms with Gasteiger partial charge in [0.1, 0.15) is 5.01 Å². The monoisotopic (exact) mass is 335 g/mol. The summed E-state index contributed by atoms with van der Waals surface area (Å²) < 4.78 is 0. The SMILES string of the molecule is NC(CNC(=O)Cc1csc(-c2ccc(Cl)cc2)n1)C1CC1. The summed E-state index contributed by atoms with van der Waals surface area (Å²) in [6, 6.07) is 7.62. The number of hydrogen-bond donors (Lipinski definition) is 2. The van der Waals surface area contributed by atoms with E-state index in [0.29, 0.717) is 23.9 Å². The van der Waals surface area contributed by atoms with E-state index in [0.717, 1.165) is 16.3 Å². The van der Waals surface area contributed by atoms with E-state index < -0.39 is 0 Å². The number of carbonyl (C=O) groups excluding carboxylic acids is 1. The third-order valence-corrected chi connectivity index (χ3v) is 4.94. The van der Waals surface area contributed by atoms with Gasteiger partial charge in [0, 0.05) is 28.6 Å². The van der Waals surface area contributed by atoms with Crippen LogP contribution in [-0.4, -0.2) is 23.5 Å². The second-order valence-electron chi connectivity index (χ2n) is 5.63. The molecule has 6 heteroatoms. The van der Waals surface area contributed by atoms with E-state index in [1.165, 1.54) is 24.2 Å². The van der Waals surface area contributed by atoms with Crippen LogP contribution in [0.5, 0.6) is 0 Å². The first kappa shape index (κ1) is 15.5. The van der Waals surface area contributed by atoms with Gasteiger partial charge in [-0.3, -0.25) is 4.79 Å². The van der Waals surface area contributed by atoms with Crippen molar-refractivity contribution in [1.82, 2.24) is 10.3 Å². The summed E-state index contributed by atoms with van der Waals surface area (Å²) in [5, 5.41) is 6.41. The number of hydrogen-bond acceptors (Lipinski definition) is 4. The first-order chi connectivity index (χ1) is 10.6. The van der Waals surface area contributed by atoms with Crippen LogP contribution < -0.4 is 11.1 Å². The van der Waals surface area contributed by atoms with Crippen molar-refractivity contribution in [3.8, 4) is 10.6 Å². The van der Waals surface area contributed by atoms with Crippen molar-refractivity contribution in [2.45, 2.75) is 25.3 Å². The fourth-order valence-electron chi connectivity index (χ4n) is 2.26. The molecule has 1 heterocycles. The van der Waals surface area contributed by atoms with Crippen LogP contribution in [0, 0.1) is 5.92 Å². The van der Waals surface area contributed by atoms with Gasteiger partial charge >= 0.3 is 0 Å². The van der Waals surface area contributed by atoms with E-state index >= 15 is 0 Å². The van der Waals surface area contributed by atoms with Crippen LogP contribution in [0.2, 0.25) is 5.02 Å². The molecule has 0 saturated heterocycles. The maximum atomic E-state index is 11.9. The third-order valence-electron chi connectivity index (χ3n) is 3.75. The number of nitrogens with zero attached hydrogens (tertiary/aromatic N) is 1. The van der Waals surface area contributed by atoms with Gasteiger partial charge < -0.3 is 11.1 Å². The smallest absolute Gasteiger partial charge is 0.226 e. The first-order valence-corrected chi connectivity index (χ1v) is 8.60. The first-order valence-electron chi connectivity index (χ1n) is 7.34. The van der Waals surface area contributed by atoms with Crippen molar-refractivity contribution < 1.29 is 4.79 Å². The molecule has 0 bridgehead atoms. The van der Waals surface area contributed by atoms with Crippen molar-refractivity contribution >= 4 is 28.8 Å². The van der Waals surface area contributed by atoms with E-state index in [9.17, 15) is 4.79 Å². The molecule has 22 heavy (non-hydrogen) atoms. The molecule has 1 aliphatic rings. The maximum Gasteiger partial charge on any atom is 0.226 e. The van der Waals surface area contributed by atoms with Gasteiger partial charge in [-0.05, 0) is 30.9 Å². The molecule has 1 aromatic carbocycles. The van der Waals surface area contributed by atoms with Gasteiger partial charge in [-0.1, -0.05) is 23.7 Å². The van der Waals surface area contributed by atoms with Crippen LogP contribution in [0.3, 0.4) is 0 Å². The number of thiazole rings is 1. The molecule has 1 aromatic heterocycles. The minimum atomic E-state index is -0.0240. The van der Waals surface area contributed by atoms with Gasteiger partial charge in [0.25, 0.3) is 0 Å². The molecule has 1 atom stereocenters. The van der Waals surface area contributed by atoms with Crippen molar-refractivity contribution in [3.63, 3.8) is 0 Å². The van der Waals surface area contributed by atoms with E-state index in [-0.39, 0.29) is 11.9 Å². The van der Waals surface area contributed by atoms with Crippen LogP contribution in [0.25, 0.3) is 10.6 Å². The van der Waals surface area contributed by atoms with E-state index in [2.05, 4.69) is 10.3 Å². The number of halogens is 1. The number of nitrogens with two attached hydrogens (primary N) is 1. The Labute approximate surface area is 138 Å². The zero-order valence-electron chi connectivity index (χ0n) is 12.1. The van der Waals surface area contributed by atoms with E-state index in [1.54, 1.807) is 0 Å². The lowest BCUT2D eigenvalue weighted by Crippen LogP contribution is -2.39. The van der Waals surface area contributed by atoms with Gasteiger partial charge in [0.2, 0.25) is 5.91 Å². The van der Waals surface area contributed by atoms with Crippen molar-refractivity contribution in [3.05, 3.63) is 40.4 Å². The summed E-state index contributed by atoms with van der Waals surface area (Å²) in [7, 11) is 0. The summed E-state index contributed by atoms with van der Waals surface area (Å²) >= 11 is 7.41. The van der Waals surface area contributed by atoms with Crippen LogP contribution in [0.15, 0.2) is 29.6 Å². The lowest BCUT2D eigenvalue weighted by Gasteiger charge is -2.10. The molecule has 2 aromatic rings. The van der Waals surface area contributed by atoms with E-state index in [4.69, 9.17) is 17.3 Å². The average molecular weight is 336 g/mol. The number of carbonyl (C=O) groups is 1. The quantitative estimate of drug-likeness (QED) is 0.853. The third kappa shape index (κ3) is 4.06. The highest BCUT2D eigenvalue weighted by atomic mass is 35.5. The number of rotatable bonds is 6. The normalized spacial score (nSPS) is 15.5. The summed E-state index contributed by atoms with van der Waals surface area (Å²) in [6.45, 7) is 0.553.